The highest BCUT2D eigenvalue weighted by molar-refractivity contribution is 6.31. The summed E-state index contributed by atoms with van der Waals surface area (Å²) in [4.78, 5) is 11.9. The van der Waals surface area contributed by atoms with Gasteiger partial charge in [0.15, 0.2) is 6.79 Å². The summed E-state index contributed by atoms with van der Waals surface area (Å²) in [6, 6.07) is 7.58. The van der Waals surface area contributed by atoms with Crippen molar-refractivity contribution in [3.05, 3.63) is 69.0 Å². The van der Waals surface area contributed by atoms with Crippen LogP contribution in [0.3, 0.4) is 0 Å². The quantitative estimate of drug-likeness (QED) is 0.564. The lowest BCUT2D eigenvalue weighted by Gasteiger charge is -2.20. The van der Waals surface area contributed by atoms with Crippen LogP contribution >= 0.6 is 23.2 Å². The van der Waals surface area contributed by atoms with E-state index in [4.69, 9.17) is 37.4 Å². The van der Waals surface area contributed by atoms with Gasteiger partial charge in [-0.05, 0) is 35.9 Å². The fourth-order valence-electron chi connectivity index (χ4n) is 2.34. The van der Waals surface area contributed by atoms with Gasteiger partial charge in [-0.2, -0.15) is 0 Å². The van der Waals surface area contributed by atoms with Gasteiger partial charge in [-0.25, -0.2) is 9.18 Å². The molecule has 130 valence electrons. The molecule has 0 amide bonds. The Morgan fingerprint density at radius 3 is 2.92 bits per heavy atom. The number of hydrogen-bond acceptors (Lipinski definition) is 4. The number of ether oxygens (including phenoxy) is 3. The third-order valence-electron chi connectivity index (χ3n) is 3.48. The van der Waals surface area contributed by atoms with Gasteiger partial charge in [0, 0.05) is 22.2 Å². The van der Waals surface area contributed by atoms with Crippen molar-refractivity contribution in [1.29, 1.82) is 0 Å². The fourth-order valence-corrected chi connectivity index (χ4v) is 2.79. The number of hydrogen-bond donors (Lipinski definition) is 0. The van der Waals surface area contributed by atoms with E-state index in [9.17, 15) is 9.18 Å². The first kappa shape index (κ1) is 17.7. The van der Waals surface area contributed by atoms with Crippen molar-refractivity contribution in [2.75, 3.05) is 6.79 Å². The minimum absolute atomic E-state index is 0.0102. The van der Waals surface area contributed by atoms with Crippen LogP contribution in [0.2, 0.25) is 10.0 Å². The molecule has 4 nitrogen and oxygen atoms in total. The number of fused-ring (bicyclic) bond motifs is 1. The minimum atomic E-state index is -0.554. The summed E-state index contributed by atoms with van der Waals surface area (Å²) in [5.74, 6) is -0.449. The summed E-state index contributed by atoms with van der Waals surface area (Å²) in [6.45, 7) is 0.541. The fraction of sp³-hybridized carbons (Fsp3) is 0.167. The maximum Gasteiger partial charge on any atom is 0.331 e. The van der Waals surface area contributed by atoms with E-state index in [1.54, 1.807) is 12.1 Å². The molecule has 3 rings (SSSR count). The average molecular weight is 383 g/mol. The van der Waals surface area contributed by atoms with Crippen molar-refractivity contribution < 1.29 is 23.4 Å². The predicted octanol–water partition coefficient (Wildman–Crippen LogP) is 4.76. The Hall–Kier alpha value is -2.08. The van der Waals surface area contributed by atoms with Crippen molar-refractivity contribution in [3.63, 3.8) is 0 Å². The largest absolute Gasteiger partial charge is 0.467 e. The molecule has 0 aromatic heterocycles. The zero-order chi connectivity index (χ0) is 17.8. The van der Waals surface area contributed by atoms with Crippen LogP contribution in [0.25, 0.3) is 6.08 Å². The Labute approximate surface area is 153 Å². The second kappa shape index (κ2) is 7.87. The smallest absolute Gasteiger partial charge is 0.331 e. The molecule has 1 heterocycles. The predicted molar refractivity (Wildman–Crippen MR) is 92.0 cm³/mol. The van der Waals surface area contributed by atoms with Gasteiger partial charge >= 0.3 is 5.97 Å². The van der Waals surface area contributed by atoms with Crippen LogP contribution in [0, 0.1) is 5.82 Å². The molecule has 0 unspecified atom stereocenters. The molecule has 0 N–H and O–H groups in total. The van der Waals surface area contributed by atoms with Crippen LogP contribution in [0.5, 0.6) is 5.75 Å². The number of rotatable bonds is 4. The molecule has 0 fully saturated rings. The van der Waals surface area contributed by atoms with Gasteiger partial charge in [-0.3, -0.25) is 0 Å². The third kappa shape index (κ3) is 4.51. The molecule has 7 heteroatoms. The molecule has 0 spiro atoms. The lowest BCUT2D eigenvalue weighted by Crippen LogP contribution is -2.14. The van der Waals surface area contributed by atoms with Gasteiger partial charge in [-0.15, -0.1) is 0 Å². The zero-order valence-corrected chi connectivity index (χ0v) is 14.4. The van der Waals surface area contributed by atoms with E-state index in [0.717, 1.165) is 5.56 Å². The van der Waals surface area contributed by atoms with E-state index in [1.165, 1.54) is 30.4 Å². The van der Waals surface area contributed by atoms with E-state index in [-0.39, 0.29) is 18.4 Å². The van der Waals surface area contributed by atoms with Gasteiger partial charge in [0.05, 0.1) is 11.6 Å². The molecule has 1 aliphatic heterocycles. The van der Waals surface area contributed by atoms with E-state index >= 15 is 0 Å². The maximum atomic E-state index is 13.1. The highest BCUT2D eigenvalue weighted by Crippen LogP contribution is 2.32. The van der Waals surface area contributed by atoms with Crippen molar-refractivity contribution >= 4 is 35.2 Å². The SMILES string of the molecule is O=C(/C=C/c1ccc(F)c(Cl)c1)OCc1cc(Cl)cc2c1OCOC2. The average Bonchev–Trinajstić information content (AvgIpc) is 2.60. The van der Waals surface area contributed by atoms with Gasteiger partial charge in [0.1, 0.15) is 18.2 Å². The van der Waals surface area contributed by atoms with Crippen molar-refractivity contribution in [2.24, 2.45) is 0 Å². The molecule has 25 heavy (non-hydrogen) atoms. The van der Waals surface area contributed by atoms with Crippen LogP contribution < -0.4 is 4.74 Å². The topological polar surface area (TPSA) is 44.8 Å². The Morgan fingerprint density at radius 2 is 2.12 bits per heavy atom. The minimum Gasteiger partial charge on any atom is -0.467 e. The molecule has 0 saturated heterocycles. The molecule has 0 bridgehead atoms. The number of benzene rings is 2. The summed E-state index contributed by atoms with van der Waals surface area (Å²) in [5, 5.41) is 0.496. The van der Waals surface area contributed by atoms with E-state index in [0.29, 0.717) is 28.5 Å². The monoisotopic (exact) mass is 382 g/mol. The summed E-state index contributed by atoms with van der Waals surface area (Å²) in [6.07, 6.45) is 2.73. The van der Waals surface area contributed by atoms with Gasteiger partial charge in [0.25, 0.3) is 0 Å². The molecule has 0 aliphatic carbocycles. The molecular weight excluding hydrogens is 370 g/mol. The summed E-state index contributed by atoms with van der Waals surface area (Å²) < 4.78 is 29.0. The zero-order valence-electron chi connectivity index (χ0n) is 12.9. The van der Waals surface area contributed by atoms with Crippen LogP contribution in [-0.2, 0) is 27.5 Å². The Kier molecular flexibility index (Phi) is 5.58. The van der Waals surface area contributed by atoms with Crippen LogP contribution in [0.1, 0.15) is 16.7 Å². The molecule has 0 radical (unpaired) electrons. The van der Waals surface area contributed by atoms with E-state index in [1.807, 2.05) is 0 Å². The van der Waals surface area contributed by atoms with Crippen LogP contribution in [-0.4, -0.2) is 12.8 Å². The molecule has 1 aliphatic rings. The highest BCUT2D eigenvalue weighted by Gasteiger charge is 2.17. The molecule has 2 aromatic carbocycles. The first-order valence-electron chi connectivity index (χ1n) is 7.34. The Morgan fingerprint density at radius 1 is 1.28 bits per heavy atom. The number of carbonyl (C=O) groups excluding carboxylic acids is 1. The van der Waals surface area contributed by atoms with Crippen molar-refractivity contribution in [2.45, 2.75) is 13.2 Å². The van der Waals surface area contributed by atoms with E-state index < -0.39 is 11.8 Å². The highest BCUT2D eigenvalue weighted by atomic mass is 35.5. The van der Waals surface area contributed by atoms with E-state index in [2.05, 4.69) is 0 Å². The Balaban J connectivity index is 1.65. The summed E-state index contributed by atoms with van der Waals surface area (Å²) >= 11 is 11.7. The van der Waals surface area contributed by atoms with Crippen LogP contribution in [0.4, 0.5) is 4.39 Å². The number of halogens is 3. The van der Waals surface area contributed by atoms with Crippen molar-refractivity contribution in [3.8, 4) is 5.75 Å². The number of carbonyl (C=O) groups is 1. The first-order chi connectivity index (χ1) is 12.0. The third-order valence-corrected chi connectivity index (χ3v) is 3.99. The summed E-state index contributed by atoms with van der Waals surface area (Å²) in [7, 11) is 0. The van der Waals surface area contributed by atoms with Gasteiger partial charge in [0.2, 0.25) is 0 Å². The van der Waals surface area contributed by atoms with Crippen molar-refractivity contribution in [1.82, 2.24) is 0 Å². The number of esters is 1. The van der Waals surface area contributed by atoms with Gasteiger partial charge < -0.3 is 14.2 Å². The lowest BCUT2D eigenvalue weighted by molar-refractivity contribution is -0.139. The van der Waals surface area contributed by atoms with Crippen LogP contribution in [0.15, 0.2) is 36.4 Å². The second-order valence-corrected chi connectivity index (χ2v) is 6.12. The maximum absolute atomic E-state index is 13.1. The van der Waals surface area contributed by atoms with Gasteiger partial charge in [-0.1, -0.05) is 29.3 Å². The first-order valence-corrected chi connectivity index (χ1v) is 8.10. The summed E-state index contributed by atoms with van der Waals surface area (Å²) in [5.41, 5.74) is 2.06. The molecule has 2 aromatic rings. The normalized spacial score (nSPS) is 13.4. The molecule has 0 saturated carbocycles. The molecular formula is C18H13Cl2FO4. The standard InChI is InChI=1S/C18H13Cl2FO4/c19-14-6-12-8-23-10-25-18(12)13(7-14)9-24-17(22)4-2-11-1-3-16(21)15(20)5-11/h1-7H,8-10H2/b4-2+. The lowest BCUT2D eigenvalue weighted by atomic mass is 10.1. The Bertz CT molecular complexity index is 836. The second-order valence-electron chi connectivity index (χ2n) is 5.28. The molecule has 0 atom stereocenters.